The van der Waals surface area contributed by atoms with Crippen LogP contribution in [0, 0.1) is 5.82 Å². The van der Waals surface area contributed by atoms with E-state index >= 15 is 0 Å². The largest absolute Gasteiger partial charge is 0.381 e. The molecule has 0 atom stereocenters. The van der Waals surface area contributed by atoms with Crippen molar-refractivity contribution in [3.05, 3.63) is 60.2 Å². The molecule has 0 amide bonds. The Balaban J connectivity index is 1.99. The molecule has 76 valence electrons. The van der Waals surface area contributed by atoms with Gasteiger partial charge < -0.3 is 5.32 Å². The van der Waals surface area contributed by atoms with Gasteiger partial charge in [-0.05, 0) is 29.8 Å². The fourth-order valence-electron chi connectivity index (χ4n) is 1.32. The summed E-state index contributed by atoms with van der Waals surface area (Å²) in [5.41, 5.74) is 1.90. The molecule has 3 heteroatoms. The Hall–Kier alpha value is -1.90. The normalized spacial score (nSPS) is 9.93. The molecular weight excluding hydrogens is 191 g/mol. The topological polar surface area (TPSA) is 24.9 Å². The minimum absolute atomic E-state index is 0.205. The van der Waals surface area contributed by atoms with Gasteiger partial charge in [0.25, 0.3) is 0 Å². The van der Waals surface area contributed by atoms with Gasteiger partial charge in [-0.2, -0.15) is 0 Å². The lowest BCUT2D eigenvalue weighted by Crippen LogP contribution is -1.99. The molecule has 2 aromatic rings. The first-order valence-electron chi connectivity index (χ1n) is 4.73. The van der Waals surface area contributed by atoms with Crippen molar-refractivity contribution in [3.8, 4) is 0 Å². The van der Waals surface area contributed by atoms with E-state index in [9.17, 15) is 4.39 Å². The van der Waals surface area contributed by atoms with Gasteiger partial charge in [0.05, 0.1) is 0 Å². The summed E-state index contributed by atoms with van der Waals surface area (Å²) >= 11 is 0. The van der Waals surface area contributed by atoms with Crippen LogP contribution in [0.25, 0.3) is 0 Å². The second kappa shape index (κ2) is 4.55. The second-order valence-corrected chi connectivity index (χ2v) is 3.22. The van der Waals surface area contributed by atoms with Gasteiger partial charge in [-0.25, -0.2) is 4.39 Å². The lowest BCUT2D eigenvalue weighted by atomic mass is 10.2. The first-order chi connectivity index (χ1) is 7.34. The van der Waals surface area contributed by atoms with Crippen molar-refractivity contribution < 1.29 is 4.39 Å². The van der Waals surface area contributed by atoms with Crippen LogP contribution in [0.3, 0.4) is 0 Å². The van der Waals surface area contributed by atoms with E-state index in [2.05, 4.69) is 10.3 Å². The average Bonchev–Trinajstić information content (AvgIpc) is 2.28. The van der Waals surface area contributed by atoms with Crippen LogP contribution in [-0.4, -0.2) is 4.98 Å². The van der Waals surface area contributed by atoms with E-state index in [0.717, 1.165) is 11.3 Å². The zero-order valence-corrected chi connectivity index (χ0v) is 8.15. The molecule has 2 rings (SSSR count). The SMILES string of the molecule is Fc1cccc(CNc2ccncc2)c1. The van der Waals surface area contributed by atoms with E-state index in [1.807, 2.05) is 18.2 Å². The fraction of sp³-hybridized carbons (Fsp3) is 0.0833. The maximum atomic E-state index is 12.9. The number of nitrogens with one attached hydrogen (secondary N) is 1. The van der Waals surface area contributed by atoms with Crippen molar-refractivity contribution >= 4 is 5.69 Å². The van der Waals surface area contributed by atoms with Gasteiger partial charge in [0, 0.05) is 24.6 Å². The smallest absolute Gasteiger partial charge is 0.123 e. The Labute approximate surface area is 87.8 Å². The number of nitrogens with zero attached hydrogens (tertiary/aromatic N) is 1. The molecule has 1 N–H and O–H groups in total. The third-order valence-corrected chi connectivity index (χ3v) is 2.07. The molecule has 0 radical (unpaired) electrons. The molecule has 0 unspecified atom stereocenters. The first kappa shape index (κ1) is 9.65. The summed E-state index contributed by atoms with van der Waals surface area (Å²) in [6.07, 6.45) is 3.43. The Morgan fingerprint density at radius 1 is 1.13 bits per heavy atom. The number of anilines is 1. The number of hydrogen-bond donors (Lipinski definition) is 1. The van der Waals surface area contributed by atoms with Gasteiger partial charge in [-0.3, -0.25) is 4.98 Å². The Bertz CT molecular complexity index is 429. The summed E-state index contributed by atoms with van der Waals surface area (Å²) in [6.45, 7) is 0.613. The van der Waals surface area contributed by atoms with Gasteiger partial charge in [-0.1, -0.05) is 12.1 Å². The molecule has 2 nitrogen and oxygen atoms in total. The number of aromatic nitrogens is 1. The predicted molar refractivity (Wildman–Crippen MR) is 58.0 cm³/mol. The summed E-state index contributed by atoms with van der Waals surface area (Å²) in [5.74, 6) is -0.205. The number of halogens is 1. The maximum Gasteiger partial charge on any atom is 0.123 e. The van der Waals surface area contributed by atoms with Crippen LogP contribution >= 0.6 is 0 Å². The Morgan fingerprint density at radius 2 is 1.93 bits per heavy atom. The molecule has 0 saturated carbocycles. The van der Waals surface area contributed by atoms with Crippen LogP contribution in [0.15, 0.2) is 48.8 Å². The quantitative estimate of drug-likeness (QED) is 0.827. The van der Waals surface area contributed by atoms with Crippen molar-refractivity contribution in [2.24, 2.45) is 0 Å². The molecule has 1 aromatic heterocycles. The molecular formula is C12H11FN2. The zero-order chi connectivity index (χ0) is 10.5. The number of rotatable bonds is 3. The van der Waals surface area contributed by atoms with E-state index in [4.69, 9.17) is 0 Å². The van der Waals surface area contributed by atoms with E-state index in [0.29, 0.717) is 6.54 Å². The van der Waals surface area contributed by atoms with Gasteiger partial charge in [-0.15, -0.1) is 0 Å². The van der Waals surface area contributed by atoms with Gasteiger partial charge >= 0.3 is 0 Å². The molecule has 15 heavy (non-hydrogen) atoms. The molecule has 0 saturated heterocycles. The average molecular weight is 202 g/mol. The van der Waals surface area contributed by atoms with Crippen LogP contribution in [0.1, 0.15) is 5.56 Å². The van der Waals surface area contributed by atoms with Crippen molar-refractivity contribution in [1.29, 1.82) is 0 Å². The van der Waals surface area contributed by atoms with Crippen molar-refractivity contribution in [2.75, 3.05) is 5.32 Å². The zero-order valence-electron chi connectivity index (χ0n) is 8.15. The molecule has 0 aliphatic rings. The van der Waals surface area contributed by atoms with E-state index in [1.165, 1.54) is 12.1 Å². The van der Waals surface area contributed by atoms with Crippen LogP contribution in [0.5, 0.6) is 0 Å². The highest BCUT2D eigenvalue weighted by Gasteiger charge is 1.95. The molecule has 1 aromatic carbocycles. The molecule has 0 fully saturated rings. The van der Waals surface area contributed by atoms with Gasteiger partial charge in [0.2, 0.25) is 0 Å². The van der Waals surface area contributed by atoms with Crippen LogP contribution < -0.4 is 5.32 Å². The standard InChI is InChI=1S/C12H11FN2/c13-11-3-1-2-10(8-11)9-15-12-4-6-14-7-5-12/h1-8H,9H2,(H,14,15). The number of benzene rings is 1. The summed E-state index contributed by atoms with van der Waals surface area (Å²) < 4.78 is 12.9. The summed E-state index contributed by atoms with van der Waals surface area (Å²) in [4.78, 5) is 3.91. The molecule has 0 bridgehead atoms. The molecule has 0 spiro atoms. The van der Waals surface area contributed by atoms with Crippen molar-refractivity contribution in [1.82, 2.24) is 4.98 Å². The Kier molecular flexibility index (Phi) is 2.93. The van der Waals surface area contributed by atoms with Gasteiger partial charge in [0.1, 0.15) is 5.82 Å². The highest BCUT2D eigenvalue weighted by molar-refractivity contribution is 5.41. The highest BCUT2D eigenvalue weighted by atomic mass is 19.1. The molecule has 0 aliphatic carbocycles. The van der Waals surface area contributed by atoms with Crippen LogP contribution in [0.2, 0.25) is 0 Å². The van der Waals surface area contributed by atoms with Crippen LogP contribution in [0.4, 0.5) is 10.1 Å². The maximum absolute atomic E-state index is 12.9. The summed E-state index contributed by atoms with van der Waals surface area (Å²) in [5, 5.41) is 3.18. The van der Waals surface area contributed by atoms with Crippen LogP contribution in [-0.2, 0) is 6.54 Å². The summed E-state index contributed by atoms with van der Waals surface area (Å²) in [7, 11) is 0. The second-order valence-electron chi connectivity index (χ2n) is 3.22. The van der Waals surface area contributed by atoms with E-state index < -0.39 is 0 Å². The minimum atomic E-state index is -0.205. The third kappa shape index (κ3) is 2.77. The fourth-order valence-corrected chi connectivity index (χ4v) is 1.32. The van der Waals surface area contributed by atoms with Gasteiger partial charge in [0.15, 0.2) is 0 Å². The lowest BCUT2D eigenvalue weighted by molar-refractivity contribution is 0.626. The van der Waals surface area contributed by atoms with E-state index in [-0.39, 0.29) is 5.82 Å². The molecule has 0 aliphatic heterocycles. The number of hydrogen-bond acceptors (Lipinski definition) is 2. The Morgan fingerprint density at radius 3 is 2.67 bits per heavy atom. The molecule has 1 heterocycles. The first-order valence-corrected chi connectivity index (χ1v) is 4.73. The minimum Gasteiger partial charge on any atom is -0.381 e. The third-order valence-electron chi connectivity index (χ3n) is 2.07. The van der Waals surface area contributed by atoms with Crippen molar-refractivity contribution in [2.45, 2.75) is 6.54 Å². The summed E-state index contributed by atoms with van der Waals surface area (Å²) in [6, 6.07) is 10.3. The lowest BCUT2D eigenvalue weighted by Gasteiger charge is -2.05. The van der Waals surface area contributed by atoms with Crippen molar-refractivity contribution in [3.63, 3.8) is 0 Å². The number of pyridine rings is 1. The highest BCUT2D eigenvalue weighted by Crippen LogP contribution is 2.08. The predicted octanol–water partition coefficient (Wildman–Crippen LogP) is 2.83. The van der Waals surface area contributed by atoms with E-state index in [1.54, 1.807) is 18.5 Å². The monoisotopic (exact) mass is 202 g/mol.